The predicted octanol–water partition coefficient (Wildman–Crippen LogP) is 3.45. The monoisotopic (exact) mass is 324 g/mol. The van der Waals surface area contributed by atoms with Crippen LogP contribution < -0.4 is 0 Å². The van der Waals surface area contributed by atoms with Crippen molar-refractivity contribution in [3.8, 4) is 0 Å². The van der Waals surface area contributed by atoms with Gasteiger partial charge >= 0.3 is 0 Å². The number of ether oxygens (including phenoxy) is 1. The normalized spacial score (nSPS) is 15.3. The van der Waals surface area contributed by atoms with Crippen molar-refractivity contribution in [1.29, 1.82) is 0 Å². The summed E-state index contributed by atoms with van der Waals surface area (Å²) < 4.78 is 6.61. The maximum atomic E-state index is 8.88. The van der Waals surface area contributed by atoms with E-state index in [0.717, 1.165) is 23.0 Å². The van der Waals surface area contributed by atoms with Gasteiger partial charge in [0.1, 0.15) is 6.10 Å². The van der Waals surface area contributed by atoms with Crippen LogP contribution in [0.15, 0.2) is 23.5 Å². The summed E-state index contributed by atoms with van der Waals surface area (Å²) in [4.78, 5) is 0. The molecule has 0 saturated carbocycles. The van der Waals surface area contributed by atoms with Crippen molar-refractivity contribution < 1.29 is 9.84 Å². The van der Waals surface area contributed by atoms with Gasteiger partial charge in [-0.1, -0.05) is 48.1 Å². The first kappa shape index (κ1) is 15.0. The number of hydrogen-bond acceptors (Lipinski definition) is 2. The van der Waals surface area contributed by atoms with Crippen molar-refractivity contribution >= 4 is 22.6 Å². The number of alkyl halides is 1. The SMILES string of the molecule is CC/C(=C\C=C(/CC)OC(C)CO)CI. The van der Waals surface area contributed by atoms with Gasteiger partial charge in [-0.05, 0) is 19.4 Å². The second kappa shape index (κ2) is 9.21. The van der Waals surface area contributed by atoms with Crippen LogP contribution in [0.5, 0.6) is 0 Å². The van der Waals surface area contributed by atoms with Gasteiger partial charge in [-0.3, -0.25) is 0 Å². The van der Waals surface area contributed by atoms with E-state index >= 15 is 0 Å². The van der Waals surface area contributed by atoms with E-state index in [-0.39, 0.29) is 12.7 Å². The van der Waals surface area contributed by atoms with Crippen LogP contribution in [0.4, 0.5) is 0 Å². The molecule has 88 valence electrons. The van der Waals surface area contributed by atoms with Crippen molar-refractivity contribution in [3.63, 3.8) is 0 Å². The lowest BCUT2D eigenvalue weighted by Gasteiger charge is -2.13. The highest BCUT2D eigenvalue weighted by molar-refractivity contribution is 14.1. The zero-order valence-electron chi connectivity index (χ0n) is 9.79. The molecule has 0 aliphatic rings. The molecule has 0 radical (unpaired) electrons. The Bertz CT molecular complexity index is 216. The summed E-state index contributed by atoms with van der Waals surface area (Å²) in [5.41, 5.74) is 1.40. The first-order valence-electron chi connectivity index (χ1n) is 5.39. The van der Waals surface area contributed by atoms with Crippen LogP contribution in [0, 0.1) is 0 Å². The molecule has 1 N–H and O–H groups in total. The summed E-state index contributed by atoms with van der Waals surface area (Å²) in [6, 6.07) is 0. The Morgan fingerprint density at radius 3 is 2.40 bits per heavy atom. The fourth-order valence-corrected chi connectivity index (χ4v) is 1.80. The topological polar surface area (TPSA) is 29.5 Å². The quantitative estimate of drug-likeness (QED) is 0.336. The molecule has 0 heterocycles. The van der Waals surface area contributed by atoms with Crippen molar-refractivity contribution in [2.75, 3.05) is 11.0 Å². The second-order valence-electron chi connectivity index (χ2n) is 3.41. The molecule has 1 unspecified atom stereocenters. The molecular formula is C12H21IO2. The van der Waals surface area contributed by atoms with Gasteiger partial charge in [-0.2, -0.15) is 0 Å². The molecular weight excluding hydrogens is 303 g/mol. The Morgan fingerprint density at radius 1 is 1.33 bits per heavy atom. The zero-order valence-corrected chi connectivity index (χ0v) is 12.0. The highest BCUT2D eigenvalue weighted by Crippen LogP contribution is 2.10. The van der Waals surface area contributed by atoms with Crippen LogP contribution >= 0.6 is 22.6 Å². The van der Waals surface area contributed by atoms with E-state index < -0.39 is 0 Å². The lowest BCUT2D eigenvalue weighted by Crippen LogP contribution is -2.12. The standard InChI is InChI=1S/C12H21IO2/c1-4-11(8-13)6-7-12(5-2)15-10(3)9-14/h6-7,10,14H,4-5,8-9H2,1-3H3/b11-6+,12-7+. The van der Waals surface area contributed by atoms with E-state index in [2.05, 4.69) is 42.5 Å². The lowest BCUT2D eigenvalue weighted by atomic mass is 10.2. The van der Waals surface area contributed by atoms with Crippen LogP contribution in [-0.2, 0) is 4.74 Å². The molecule has 0 fully saturated rings. The summed E-state index contributed by atoms with van der Waals surface area (Å²) in [5, 5.41) is 8.88. The number of aliphatic hydroxyl groups excluding tert-OH is 1. The molecule has 3 heteroatoms. The van der Waals surface area contributed by atoms with Gasteiger partial charge in [0.2, 0.25) is 0 Å². The predicted molar refractivity (Wildman–Crippen MR) is 73.3 cm³/mol. The summed E-state index contributed by atoms with van der Waals surface area (Å²) in [6.07, 6.45) is 5.96. The lowest BCUT2D eigenvalue weighted by molar-refractivity contribution is 0.0687. The molecule has 0 bridgehead atoms. The minimum absolute atomic E-state index is 0.0635. The van der Waals surface area contributed by atoms with E-state index in [1.165, 1.54) is 5.57 Å². The molecule has 1 atom stereocenters. The van der Waals surface area contributed by atoms with Gasteiger partial charge < -0.3 is 9.84 Å². The van der Waals surface area contributed by atoms with E-state index in [0.29, 0.717) is 0 Å². The molecule has 0 amide bonds. The average molecular weight is 324 g/mol. The van der Waals surface area contributed by atoms with Crippen LogP contribution in [0.25, 0.3) is 0 Å². The molecule has 0 aromatic rings. The fraction of sp³-hybridized carbons (Fsp3) is 0.667. The van der Waals surface area contributed by atoms with Crippen molar-refractivity contribution in [2.24, 2.45) is 0 Å². The minimum Gasteiger partial charge on any atom is -0.493 e. The molecule has 0 aromatic heterocycles. The summed E-state index contributed by atoms with van der Waals surface area (Å²) in [5.74, 6) is 0.937. The van der Waals surface area contributed by atoms with Gasteiger partial charge in [-0.25, -0.2) is 0 Å². The summed E-state index contributed by atoms with van der Waals surface area (Å²) in [6.45, 7) is 6.14. The molecule has 0 aromatic carbocycles. The van der Waals surface area contributed by atoms with Crippen LogP contribution in [0.1, 0.15) is 33.6 Å². The van der Waals surface area contributed by atoms with Gasteiger partial charge in [0.25, 0.3) is 0 Å². The Labute approximate surface area is 107 Å². The Balaban J connectivity index is 4.38. The molecule has 0 aliphatic heterocycles. The molecule has 0 spiro atoms. The van der Waals surface area contributed by atoms with Gasteiger partial charge in [0.15, 0.2) is 0 Å². The fourth-order valence-electron chi connectivity index (χ4n) is 1.00. The van der Waals surface area contributed by atoms with Crippen molar-refractivity contribution in [3.05, 3.63) is 23.5 Å². The Kier molecular flexibility index (Phi) is 9.20. The van der Waals surface area contributed by atoms with E-state index in [1.807, 2.05) is 13.0 Å². The van der Waals surface area contributed by atoms with E-state index in [9.17, 15) is 0 Å². The minimum atomic E-state index is -0.116. The van der Waals surface area contributed by atoms with Gasteiger partial charge in [0, 0.05) is 10.8 Å². The van der Waals surface area contributed by atoms with Crippen molar-refractivity contribution in [2.45, 2.75) is 39.7 Å². The third-order valence-corrected chi connectivity index (χ3v) is 3.07. The molecule has 0 saturated heterocycles. The second-order valence-corrected chi connectivity index (χ2v) is 4.17. The van der Waals surface area contributed by atoms with Crippen molar-refractivity contribution in [1.82, 2.24) is 0 Å². The molecule has 15 heavy (non-hydrogen) atoms. The van der Waals surface area contributed by atoms with Gasteiger partial charge in [-0.15, -0.1) is 0 Å². The first-order chi connectivity index (χ1) is 7.17. The number of hydrogen-bond donors (Lipinski definition) is 1. The van der Waals surface area contributed by atoms with Crippen LogP contribution in [0.2, 0.25) is 0 Å². The smallest absolute Gasteiger partial charge is 0.118 e. The number of rotatable bonds is 7. The number of allylic oxidation sites excluding steroid dienone is 4. The largest absolute Gasteiger partial charge is 0.493 e. The van der Waals surface area contributed by atoms with E-state index in [4.69, 9.17) is 9.84 Å². The number of halogens is 1. The van der Waals surface area contributed by atoms with Gasteiger partial charge in [0.05, 0.1) is 12.4 Å². The van der Waals surface area contributed by atoms with Crippen LogP contribution in [-0.4, -0.2) is 22.2 Å². The molecule has 2 nitrogen and oxygen atoms in total. The maximum Gasteiger partial charge on any atom is 0.118 e. The Morgan fingerprint density at radius 2 is 2.00 bits per heavy atom. The first-order valence-corrected chi connectivity index (χ1v) is 6.92. The molecule has 0 rings (SSSR count). The van der Waals surface area contributed by atoms with E-state index in [1.54, 1.807) is 0 Å². The highest BCUT2D eigenvalue weighted by atomic mass is 127. The molecule has 0 aliphatic carbocycles. The maximum absolute atomic E-state index is 8.88. The highest BCUT2D eigenvalue weighted by Gasteiger charge is 2.02. The summed E-state index contributed by atoms with van der Waals surface area (Å²) in [7, 11) is 0. The Hall–Kier alpha value is -0.0300. The van der Waals surface area contributed by atoms with Crippen LogP contribution in [0.3, 0.4) is 0 Å². The summed E-state index contributed by atoms with van der Waals surface area (Å²) >= 11 is 2.36. The number of aliphatic hydroxyl groups is 1. The zero-order chi connectivity index (χ0) is 11.7. The average Bonchev–Trinajstić information content (AvgIpc) is 2.28. The third-order valence-electron chi connectivity index (χ3n) is 2.09. The third kappa shape index (κ3) is 6.95.